The Hall–Kier alpha value is -0.369. The molecule has 1 rings (SSSR count). The Balaban J connectivity index is 2.97. The molecule has 0 N–H and O–H groups in total. The van der Waals surface area contributed by atoms with E-state index in [1.807, 2.05) is 20.8 Å². The summed E-state index contributed by atoms with van der Waals surface area (Å²) in [6.07, 6.45) is 0.799. The molecule has 0 aromatic heterocycles. The molecule has 7 nitrogen and oxygen atoms in total. The average Bonchev–Trinajstić information content (AvgIpc) is 2.91. The average molecular weight is 465 g/mol. The predicted octanol–water partition coefficient (Wildman–Crippen LogP) is 4.26. The Bertz CT molecular complexity index is 551. The molecule has 1 heterocycles. The highest BCUT2D eigenvalue weighted by atomic mass is 28.5. The maximum Gasteiger partial charge on any atom is 0.503 e. The maximum atomic E-state index is 11.9. The van der Waals surface area contributed by atoms with Crippen molar-refractivity contribution in [3.8, 4) is 0 Å². The van der Waals surface area contributed by atoms with Gasteiger partial charge in [-0.15, -0.1) is 0 Å². The quantitative estimate of drug-likeness (QED) is 0.229. The Labute approximate surface area is 179 Å². The van der Waals surface area contributed by atoms with Gasteiger partial charge in [-0.05, 0) is 58.9 Å². The van der Waals surface area contributed by atoms with Gasteiger partial charge in [0.05, 0.1) is 12.3 Å². The first-order valence-electron chi connectivity index (χ1n) is 10.7. The van der Waals surface area contributed by atoms with Gasteiger partial charge in [-0.1, -0.05) is 13.8 Å². The Morgan fingerprint density at radius 2 is 1.41 bits per heavy atom. The van der Waals surface area contributed by atoms with E-state index in [2.05, 4.69) is 40.0 Å². The number of esters is 2. The SMILES string of the molecule is CCO[Si](OCC)(OCC)C(C)[Si](C)(C)O[Si](C)(C)C(C)CC1CC(=O)OC1=O. The lowest BCUT2D eigenvalue weighted by Crippen LogP contribution is -2.61. The molecule has 0 bridgehead atoms. The summed E-state index contributed by atoms with van der Waals surface area (Å²) in [5, 5.41) is 0.0619. The predicted molar refractivity (Wildman–Crippen MR) is 119 cm³/mol. The van der Waals surface area contributed by atoms with Gasteiger partial charge in [0.15, 0.2) is 16.6 Å². The molecule has 3 atom stereocenters. The van der Waals surface area contributed by atoms with E-state index in [-0.39, 0.29) is 23.0 Å². The molecular weight excluding hydrogens is 424 g/mol. The topological polar surface area (TPSA) is 80.3 Å². The number of carbonyl (C=O) groups excluding carboxylic acids is 2. The van der Waals surface area contributed by atoms with Gasteiger partial charge in [0, 0.05) is 25.0 Å². The smallest absolute Gasteiger partial charge is 0.455 e. The maximum absolute atomic E-state index is 11.9. The molecule has 29 heavy (non-hydrogen) atoms. The lowest BCUT2D eigenvalue weighted by molar-refractivity contribution is -0.153. The second-order valence-corrected chi connectivity index (χ2v) is 21.4. The van der Waals surface area contributed by atoms with Gasteiger partial charge < -0.3 is 22.1 Å². The van der Waals surface area contributed by atoms with E-state index < -0.39 is 37.4 Å². The summed E-state index contributed by atoms with van der Waals surface area (Å²) in [6, 6.07) is 0. The van der Waals surface area contributed by atoms with E-state index in [0.29, 0.717) is 26.2 Å². The van der Waals surface area contributed by atoms with Gasteiger partial charge in [-0.3, -0.25) is 9.59 Å². The monoisotopic (exact) mass is 464 g/mol. The van der Waals surface area contributed by atoms with E-state index >= 15 is 0 Å². The molecule has 0 aliphatic carbocycles. The van der Waals surface area contributed by atoms with Gasteiger partial charge in [0.1, 0.15) is 0 Å². The molecule has 1 aliphatic heterocycles. The van der Waals surface area contributed by atoms with Crippen LogP contribution < -0.4 is 0 Å². The second-order valence-electron chi connectivity index (χ2n) is 8.76. The second kappa shape index (κ2) is 10.8. The Morgan fingerprint density at radius 3 is 1.79 bits per heavy atom. The largest absolute Gasteiger partial charge is 0.503 e. The van der Waals surface area contributed by atoms with Crippen molar-refractivity contribution in [3.05, 3.63) is 0 Å². The summed E-state index contributed by atoms with van der Waals surface area (Å²) in [5.41, 5.74) is 0.201. The van der Waals surface area contributed by atoms with Crippen molar-refractivity contribution in [1.82, 2.24) is 0 Å². The number of rotatable bonds is 13. The molecule has 0 amide bonds. The zero-order chi connectivity index (χ0) is 22.5. The molecule has 1 aliphatic rings. The molecule has 0 spiro atoms. The van der Waals surface area contributed by atoms with Crippen molar-refractivity contribution < 1.29 is 31.7 Å². The van der Waals surface area contributed by atoms with E-state index in [1.54, 1.807) is 0 Å². The third-order valence-electron chi connectivity index (χ3n) is 5.92. The summed E-state index contributed by atoms with van der Waals surface area (Å²) in [7, 11) is -7.33. The van der Waals surface area contributed by atoms with Crippen LogP contribution in [0.15, 0.2) is 0 Å². The van der Waals surface area contributed by atoms with Crippen LogP contribution in [0.2, 0.25) is 36.9 Å². The summed E-state index contributed by atoms with van der Waals surface area (Å²) in [4.78, 5) is 23.3. The number of carbonyl (C=O) groups is 2. The normalized spacial score (nSPS) is 20.7. The van der Waals surface area contributed by atoms with Gasteiger partial charge in [-0.2, -0.15) is 0 Å². The minimum atomic E-state index is -2.88. The summed E-state index contributed by atoms with van der Waals surface area (Å²) < 4.78 is 30.0. The Morgan fingerprint density at radius 1 is 0.931 bits per heavy atom. The van der Waals surface area contributed by atoms with Crippen LogP contribution in [-0.4, -0.2) is 57.2 Å². The zero-order valence-electron chi connectivity index (χ0n) is 19.6. The van der Waals surface area contributed by atoms with Crippen molar-refractivity contribution >= 4 is 37.4 Å². The lowest BCUT2D eigenvalue weighted by Gasteiger charge is -2.45. The van der Waals surface area contributed by atoms with Gasteiger partial charge in [-0.25, -0.2) is 0 Å². The van der Waals surface area contributed by atoms with Crippen LogP contribution in [0.5, 0.6) is 0 Å². The summed E-state index contributed by atoms with van der Waals surface area (Å²) in [5.74, 6) is -1.16. The molecule has 1 fully saturated rings. The molecular formula is C19H40O7Si3. The highest BCUT2D eigenvalue weighted by Crippen LogP contribution is 2.40. The van der Waals surface area contributed by atoms with Crippen molar-refractivity contribution in [3.63, 3.8) is 0 Å². The number of hydrogen-bond donors (Lipinski definition) is 0. The highest BCUT2D eigenvalue weighted by molar-refractivity contribution is 6.93. The third-order valence-corrected chi connectivity index (χ3v) is 21.1. The van der Waals surface area contributed by atoms with E-state index in [9.17, 15) is 9.59 Å². The third kappa shape index (κ3) is 6.81. The number of hydrogen-bond acceptors (Lipinski definition) is 7. The lowest BCUT2D eigenvalue weighted by atomic mass is 10.0. The fourth-order valence-corrected chi connectivity index (χ4v) is 18.5. The zero-order valence-corrected chi connectivity index (χ0v) is 22.6. The van der Waals surface area contributed by atoms with E-state index in [1.165, 1.54) is 0 Å². The fourth-order valence-electron chi connectivity index (χ4n) is 3.81. The van der Waals surface area contributed by atoms with Crippen LogP contribution in [0.4, 0.5) is 0 Å². The summed E-state index contributed by atoms with van der Waals surface area (Å²) in [6.45, 7) is 20.5. The van der Waals surface area contributed by atoms with Crippen LogP contribution >= 0.6 is 0 Å². The molecule has 10 heteroatoms. The number of cyclic esters (lactones) is 2. The molecule has 1 saturated heterocycles. The summed E-state index contributed by atoms with van der Waals surface area (Å²) >= 11 is 0. The molecule has 3 unspecified atom stereocenters. The number of ether oxygens (including phenoxy) is 1. The van der Waals surface area contributed by atoms with Crippen LogP contribution in [-0.2, 0) is 31.7 Å². The van der Waals surface area contributed by atoms with Crippen LogP contribution in [0, 0.1) is 5.92 Å². The van der Waals surface area contributed by atoms with Crippen LogP contribution in [0.3, 0.4) is 0 Å². The first-order chi connectivity index (χ1) is 13.3. The van der Waals surface area contributed by atoms with Crippen molar-refractivity contribution in [2.24, 2.45) is 5.92 Å². The van der Waals surface area contributed by atoms with Crippen LogP contribution in [0.25, 0.3) is 0 Å². The minimum absolute atomic E-state index is 0.0619. The minimum Gasteiger partial charge on any atom is -0.455 e. The standard InChI is InChI=1S/C19H40O7Si3/c1-10-22-29(23-11-2,24-12-3)16(5)28(8,9)26-27(6,7)15(4)13-17-14-18(20)25-19(17)21/h15-17H,10-14H2,1-9H3. The molecule has 0 radical (unpaired) electrons. The fraction of sp³-hybridized carbons (Fsp3) is 0.895. The van der Waals surface area contributed by atoms with E-state index in [0.717, 1.165) is 0 Å². The molecule has 170 valence electrons. The first-order valence-corrected chi connectivity index (χ1v) is 18.5. The van der Waals surface area contributed by atoms with Crippen LogP contribution in [0.1, 0.15) is 47.5 Å². The highest BCUT2D eigenvalue weighted by Gasteiger charge is 2.56. The van der Waals surface area contributed by atoms with Crippen molar-refractivity contribution in [2.45, 2.75) is 84.4 Å². The first kappa shape index (κ1) is 26.7. The van der Waals surface area contributed by atoms with Gasteiger partial charge >= 0.3 is 20.7 Å². The molecule has 0 aromatic rings. The van der Waals surface area contributed by atoms with Gasteiger partial charge in [0.25, 0.3) is 0 Å². The van der Waals surface area contributed by atoms with Crippen molar-refractivity contribution in [1.29, 1.82) is 0 Å². The Kier molecular flexibility index (Phi) is 9.91. The van der Waals surface area contributed by atoms with Crippen molar-refractivity contribution in [2.75, 3.05) is 19.8 Å². The molecule has 0 aromatic carbocycles. The van der Waals surface area contributed by atoms with Gasteiger partial charge in [0.2, 0.25) is 0 Å². The van der Waals surface area contributed by atoms with E-state index in [4.69, 9.17) is 22.1 Å². The molecule has 0 saturated carbocycles.